The molecule has 6 nitrogen and oxygen atoms in total. The molecule has 3 aromatic rings. The minimum atomic E-state index is 0.0122. The molecule has 1 aromatic heterocycles. The maximum absolute atomic E-state index is 13.3. The molecule has 2 N–H and O–H groups in total. The number of aromatic nitrogens is 1. The molecule has 0 radical (unpaired) electrons. The summed E-state index contributed by atoms with van der Waals surface area (Å²) in [5.41, 5.74) is 1.81. The van der Waals surface area contributed by atoms with Crippen molar-refractivity contribution in [2.45, 2.75) is 39.5 Å². The summed E-state index contributed by atoms with van der Waals surface area (Å²) < 4.78 is 13.9. The van der Waals surface area contributed by atoms with Gasteiger partial charge in [0.2, 0.25) is 0 Å². The Hall–Kier alpha value is -2.57. The van der Waals surface area contributed by atoms with Crippen molar-refractivity contribution in [3.8, 4) is 11.5 Å². The van der Waals surface area contributed by atoms with Gasteiger partial charge in [0.15, 0.2) is 5.43 Å². The van der Waals surface area contributed by atoms with Crippen LogP contribution in [0.1, 0.15) is 39.5 Å². The first kappa shape index (κ1) is 24.1. The van der Waals surface area contributed by atoms with Gasteiger partial charge in [0.1, 0.15) is 11.5 Å². The van der Waals surface area contributed by atoms with Crippen molar-refractivity contribution in [2.24, 2.45) is 7.05 Å². The van der Waals surface area contributed by atoms with E-state index in [1.165, 1.54) is 0 Å². The van der Waals surface area contributed by atoms with Crippen LogP contribution in [0, 0.1) is 0 Å². The van der Waals surface area contributed by atoms with Crippen molar-refractivity contribution in [1.82, 2.24) is 15.2 Å². The summed E-state index contributed by atoms with van der Waals surface area (Å²) in [7, 11) is 1.99. The Morgan fingerprint density at radius 2 is 1.22 bits per heavy atom. The van der Waals surface area contributed by atoms with Gasteiger partial charge in [-0.1, -0.05) is 13.8 Å². The molecule has 6 heteroatoms. The molecule has 0 aliphatic rings. The highest BCUT2D eigenvalue weighted by Gasteiger charge is 2.11. The summed E-state index contributed by atoms with van der Waals surface area (Å²) in [6.07, 6.45) is 4.13. The van der Waals surface area contributed by atoms with Crippen LogP contribution in [-0.4, -0.2) is 44.0 Å². The van der Waals surface area contributed by atoms with Crippen molar-refractivity contribution in [3.63, 3.8) is 0 Å². The summed E-state index contributed by atoms with van der Waals surface area (Å²) in [5.74, 6) is 1.47. The Labute approximate surface area is 190 Å². The van der Waals surface area contributed by atoms with E-state index in [1.807, 2.05) is 43.4 Å². The van der Waals surface area contributed by atoms with E-state index in [0.717, 1.165) is 74.4 Å². The van der Waals surface area contributed by atoms with Crippen LogP contribution in [0.25, 0.3) is 21.8 Å². The van der Waals surface area contributed by atoms with Gasteiger partial charge in [-0.15, -0.1) is 0 Å². The molecule has 1 heterocycles. The van der Waals surface area contributed by atoms with E-state index in [-0.39, 0.29) is 5.43 Å². The summed E-state index contributed by atoms with van der Waals surface area (Å²) in [6, 6.07) is 11.5. The number of fused-ring (bicyclic) bond motifs is 2. The maximum atomic E-state index is 13.3. The van der Waals surface area contributed by atoms with Gasteiger partial charge in [-0.25, -0.2) is 0 Å². The molecule has 0 unspecified atom stereocenters. The third-order valence-corrected chi connectivity index (χ3v) is 5.53. The van der Waals surface area contributed by atoms with E-state index in [4.69, 9.17) is 9.47 Å². The van der Waals surface area contributed by atoms with Crippen LogP contribution in [0.3, 0.4) is 0 Å². The second-order valence-corrected chi connectivity index (χ2v) is 8.15. The summed E-state index contributed by atoms with van der Waals surface area (Å²) >= 11 is 0. The topological polar surface area (TPSA) is 64.5 Å². The van der Waals surface area contributed by atoms with Crippen LogP contribution < -0.4 is 25.5 Å². The summed E-state index contributed by atoms with van der Waals surface area (Å²) in [4.78, 5) is 13.3. The van der Waals surface area contributed by atoms with Crippen molar-refractivity contribution in [1.29, 1.82) is 0 Å². The van der Waals surface area contributed by atoms with Gasteiger partial charge in [-0.2, -0.15) is 0 Å². The first-order valence-electron chi connectivity index (χ1n) is 11.9. The van der Waals surface area contributed by atoms with Crippen molar-refractivity contribution in [2.75, 3.05) is 39.4 Å². The van der Waals surface area contributed by atoms with Crippen LogP contribution in [-0.2, 0) is 7.05 Å². The largest absolute Gasteiger partial charge is 0.494 e. The van der Waals surface area contributed by atoms with E-state index in [9.17, 15) is 4.79 Å². The highest BCUT2D eigenvalue weighted by Crippen LogP contribution is 2.25. The number of benzene rings is 2. The Morgan fingerprint density at radius 3 is 1.66 bits per heavy atom. The summed E-state index contributed by atoms with van der Waals surface area (Å²) in [5, 5.41) is 8.08. The second kappa shape index (κ2) is 12.5. The molecule has 0 aliphatic heterocycles. The number of pyridine rings is 1. The predicted molar refractivity (Wildman–Crippen MR) is 133 cm³/mol. The molecule has 0 atom stereocenters. The number of hydrogen-bond acceptors (Lipinski definition) is 5. The Kier molecular flexibility index (Phi) is 9.38. The zero-order chi connectivity index (χ0) is 22.8. The van der Waals surface area contributed by atoms with E-state index >= 15 is 0 Å². The van der Waals surface area contributed by atoms with Crippen LogP contribution in [0.5, 0.6) is 11.5 Å². The third kappa shape index (κ3) is 6.24. The van der Waals surface area contributed by atoms with E-state index < -0.39 is 0 Å². The fourth-order valence-electron chi connectivity index (χ4n) is 3.81. The average molecular weight is 440 g/mol. The molecule has 0 saturated carbocycles. The third-order valence-electron chi connectivity index (χ3n) is 5.53. The maximum Gasteiger partial charge on any atom is 0.197 e. The van der Waals surface area contributed by atoms with Gasteiger partial charge in [-0.3, -0.25) is 4.79 Å². The number of nitrogens with one attached hydrogen (secondary N) is 2. The van der Waals surface area contributed by atoms with Crippen LogP contribution in [0.4, 0.5) is 0 Å². The quantitative estimate of drug-likeness (QED) is 0.291. The smallest absolute Gasteiger partial charge is 0.197 e. The SMILES string of the molecule is CCCNCCCOc1ccc2c(c1)c(=O)c1cc(OCCCNCCC)ccc1n2C. The lowest BCUT2D eigenvalue weighted by Crippen LogP contribution is -2.18. The molecule has 0 spiro atoms. The molecular formula is C26H37N3O3. The fourth-order valence-corrected chi connectivity index (χ4v) is 3.81. The molecule has 32 heavy (non-hydrogen) atoms. The minimum absolute atomic E-state index is 0.0122. The Balaban J connectivity index is 1.73. The normalized spacial score (nSPS) is 11.3. The van der Waals surface area contributed by atoms with Crippen LogP contribution in [0.15, 0.2) is 41.2 Å². The number of rotatable bonds is 14. The molecular weight excluding hydrogens is 402 g/mol. The van der Waals surface area contributed by atoms with E-state index in [1.54, 1.807) is 0 Å². The first-order chi connectivity index (χ1) is 15.7. The lowest BCUT2D eigenvalue weighted by atomic mass is 10.1. The lowest BCUT2D eigenvalue weighted by molar-refractivity contribution is 0.308. The first-order valence-corrected chi connectivity index (χ1v) is 11.9. The zero-order valence-corrected chi connectivity index (χ0v) is 19.7. The second-order valence-electron chi connectivity index (χ2n) is 8.15. The summed E-state index contributed by atoms with van der Waals surface area (Å²) in [6.45, 7) is 9.49. The Morgan fingerprint density at radius 1 is 0.750 bits per heavy atom. The van der Waals surface area contributed by atoms with Crippen molar-refractivity contribution < 1.29 is 9.47 Å². The fraction of sp³-hybridized carbons (Fsp3) is 0.500. The number of ether oxygens (including phenoxy) is 2. The highest BCUT2D eigenvalue weighted by atomic mass is 16.5. The van der Waals surface area contributed by atoms with Gasteiger partial charge < -0.3 is 24.7 Å². The van der Waals surface area contributed by atoms with Crippen LogP contribution >= 0.6 is 0 Å². The van der Waals surface area contributed by atoms with Gasteiger partial charge in [0.05, 0.1) is 24.2 Å². The highest BCUT2D eigenvalue weighted by molar-refractivity contribution is 5.94. The van der Waals surface area contributed by atoms with Gasteiger partial charge >= 0.3 is 0 Å². The van der Waals surface area contributed by atoms with E-state index in [2.05, 4.69) is 29.0 Å². The molecule has 0 aliphatic carbocycles. The van der Waals surface area contributed by atoms with Crippen molar-refractivity contribution in [3.05, 3.63) is 46.6 Å². The van der Waals surface area contributed by atoms with E-state index in [0.29, 0.717) is 24.0 Å². The molecule has 0 bridgehead atoms. The molecule has 0 fully saturated rings. The molecule has 3 rings (SSSR count). The molecule has 174 valence electrons. The minimum Gasteiger partial charge on any atom is -0.494 e. The monoisotopic (exact) mass is 439 g/mol. The van der Waals surface area contributed by atoms with Gasteiger partial charge in [-0.05, 0) is 88.3 Å². The number of hydrogen-bond donors (Lipinski definition) is 2. The number of aryl methyl sites for hydroxylation is 1. The van der Waals surface area contributed by atoms with Gasteiger partial charge in [0.25, 0.3) is 0 Å². The number of nitrogens with zero attached hydrogens (tertiary/aromatic N) is 1. The molecule has 2 aromatic carbocycles. The van der Waals surface area contributed by atoms with Crippen molar-refractivity contribution >= 4 is 21.8 Å². The zero-order valence-electron chi connectivity index (χ0n) is 19.7. The van der Waals surface area contributed by atoms with Gasteiger partial charge in [0, 0.05) is 17.8 Å². The Bertz CT molecular complexity index is 982. The molecule has 0 saturated heterocycles. The standard InChI is InChI=1S/C26H37N3O3/c1-4-12-27-14-6-16-31-20-8-10-24-22(18-20)26(30)23-19-21(9-11-25(23)29(24)3)32-17-7-15-28-13-5-2/h8-11,18-19,27-28H,4-7,12-17H2,1-3H3. The van der Waals surface area contributed by atoms with Crippen LogP contribution in [0.2, 0.25) is 0 Å². The molecule has 0 amide bonds. The average Bonchev–Trinajstić information content (AvgIpc) is 2.82. The predicted octanol–water partition coefficient (Wildman–Crippen LogP) is 4.23. The lowest BCUT2D eigenvalue weighted by Gasteiger charge is -2.14.